The van der Waals surface area contributed by atoms with Crippen molar-refractivity contribution < 1.29 is 8.78 Å². The van der Waals surface area contributed by atoms with Crippen LogP contribution in [0.4, 0.5) is 25.8 Å². The largest absolute Gasteiger partial charge is 0.382 e. The number of halogens is 2. The minimum Gasteiger partial charge on any atom is -0.382 e. The summed E-state index contributed by atoms with van der Waals surface area (Å²) in [7, 11) is 0. The smallest absolute Gasteiger partial charge is 0.167 e. The van der Waals surface area contributed by atoms with Crippen molar-refractivity contribution in [2.24, 2.45) is 0 Å². The second-order valence-electron chi connectivity index (χ2n) is 6.21. The third kappa shape index (κ3) is 3.80. The average Bonchev–Trinajstić information content (AvgIpc) is 2.68. The SMILES string of the molecule is CCNc1c(C=N)ncc(F)c1Nc1cc(-c2nc(C)ccc2F)ncc1C. The first-order valence-electron chi connectivity index (χ1n) is 8.74. The van der Waals surface area contributed by atoms with Crippen LogP contribution < -0.4 is 10.6 Å². The zero-order valence-corrected chi connectivity index (χ0v) is 15.8. The van der Waals surface area contributed by atoms with Crippen LogP contribution in [0.1, 0.15) is 23.9 Å². The zero-order valence-electron chi connectivity index (χ0n) is 15.8. The molecule has 0 saturated heterocycles. The Bertz CT molecular complexity index is 1040. The number of rotatable bonds is 6. The Kier molecular flexibility index (Phi) is 5.58. The van der Waals surface area contributed by atoms with Crippen LogP contribution in [0.3, 0.4) is 0 Å². The van der Waals surface area contributed by atoms with Crippen LogP contribution in [0, 0.1) is 30.9 Å². The van der Waals surface area contributed by atoms with Gasteiger partial charge in [0.25, 0.3) is 0 Å². The van der Waals surface area contributed by atoms with Crippen molar-refractivity contribution in [1.29, 1.82) is 5.41 Å². The van der Waals surface area contributed by atoms with Crippen LogP contribution in [0.5, 0.6) is 0 Å². The number of anilines is 3. The highest BCUT2D eigenvalue weighted by Crippen LogP contribution is 2.32. The molecule has 3 N–H and O–H groups in total. The summed E-state index contributed by atoms with van der Waals surface area (Å²) < 4.78 is 28.7. The van der Waals surface area contributed by atoms with E-state index in [4.69, 9.17) is 5.41 Å². The quantitative estimate of drug-likeness (QED) is 0.542. The second kappa shape index (κ2) is 8.08. The van der Waals surface area contributed by atoms with E-state index in [1.54, 1.807) is 25.3 Å². The number of hydrogen-bond donors (Lipinski definition) is 3. The van der Waals surface area contributed by atoms with Gasteiger partial charge in [-0.3, -0.25) is 4.98 Å². The number of pyridine rings is 3. The van der Waals surface area contributed by atoms with Gasteiger partial charge in [0.05, 0.1) is 17.6 Å². The molecule has 0 spiro atoms. The van der Waals surface area contributed by atoms with Gasteiger partial charge in [-0.2, -0.15) is 0 Å². The molecule has 0 radical (unpaired) electrons. The normalized spacial score (nSPS) is 10.6. The fraction of sp³-hybridized carbons (Fsp3) is 0.200. The monoisotopic (exact) mass is 382 g/mol. The fourth-order valence-electron chi connectivity index (χ4n) is 2.73. The van der Waals surface area contributed by atoms with Crippen molar-refractivity contribution >= 4 is 23.3 Å². The molecule has 3 aromatic rings. The number of nitrogens with zero attached hydrogens (tertiary/aromatic N) is 3. The third-order valence-corrected chi connectivity index (χ3v) is 4.14. The van der Waals surface area contributed by atoms with E-state index in [0.717, 1.165) is 18.0 Å². The lowest BCUT2D eigenvalue weighted by Gasteiger charge is -2.17. The lowest BCUT2D eigenvalue weighted by atomic mass is 10.1. The number of nitrogens with one attached hydrogen (secondary N) is 3. The molecule has 0 unspecified atom stereocenters. The molecule has 28 heavy (non-hydrogen) atoms. The van der Waals surface area contributed by atoms with E-state index in [9.17, 15) is 8.78 Å². The Balaban J connectivity index is 2.09. The Morgan fingerprint density at radius 3 is 2.57 bits per heavy atom. The molecule has 0 aliphatic heterocycles. The molecule has 144 valence electrons. The topological polar surface area (TPSA) is 86.6 Å². The molecule has 6 nitrogen and oxygen atoms in total. The Morgan fingerprint density at radius 2 is 1.86 bits per heavy atom. The molecule has 0 atom stereocenters. The highest BCUT2D eigenvalue weighted by molar-refractivity contribution is 5.91. The van der Waals surface area contributed by atoms with Gasteiger partial charge < -0.3 is 16.0 Å². The first-order chi connectivity index (χ1) is 13.4. The number of hydrogen-bond acceptors (Lipinski definition) is 6. The lowest BCUT2D eigenvalue weighted by Crippen LogP contribution is -2.09. The summed E-state index contributed by atoms with van der Waals surface area (Å²) in [6.07, 6.45) is 3.69. The van der Waals surface area contributed by atoms with Crippen molar-refractivity contribution in [1.82, 2.24) is 15.0 Å². The minimum atomic E-state index is -0.570. The van der Waals surface area contributed by atoms with Crippen LogP contribution in [0.15, 0.2) is 30.6 Å². The predicted molar refractivity (Wildman–Crippen MR) is 106 cm³/mol. The van der Waals surface area contributed by atoms with E-state index in [1.165, 1.54) is 6.07 Å². The van der Waals surface area contributed by atoms with Crippen LogP contribution in [0.2, 0.25) is 0 Å². The van der Waals surface area contributed by atoms with Gasteiger partial charge >= 0.3 is 0 Å². The molecule has 0 fully saturated rings. The first-order valence-corrected chi connectivity index (χ1v) is 8.74. The lowest BCUT2D eigenvalue weighted by molar-refractivity contribution is 0.623. The van der Waals surface area contributed by atoms with Gasteiger partial charge in [0, 0.05) is 30.3 Å². The highest BCUT2D eigenvalue weighted by Gasteiger charge is 2.16. The van der Waals surface area contributed by atoms with Gasteiger partial charge in [0.1, 0.15) is 17.1 Å². The summed E-state index contributed by atoms with van der Waals surface area (Å²) in [5.74, 6) is -1.05. The van der Waals surface area contributed by atoms with Gasteiger partial charge in [0.15, 0.2) is 11.6 Å². The van der Waals surface area contributed by atoms with Gasteiger partial charge in [-0.05, 0) is 44.5 Å². The van der Waals surface area contributed by atoms with E-state index in [2.05, 4.69) is 25.6 Å². The van der Waals surface area contributed by atoms with Gasteiger partial charge in [-0.25, -0.2) is 18.7 Å². The molecule has 0 aromatic carbocycles. The van der Waals surface area contributed by atoms with Gasteiger partial charge in [-0.15, -0.1) is 0 Å². The highest BCUT2D eigenvalue weighted by atomic mass is 19.1. The minimum absolute atomic E-state index is 0.130. The average molecular weight is 382 g/mol. The Labute approximate surface area is 161 Å². The first kappa shape index (κ1) is 19.3. The maximum atomic E-state index is 14.5. The summed E-state index contributed by atoms with van der Waals surface area (Å²) >= 11 is 0. The maximum absolute atomic E-state index is 14.5. The van der Waals surface area contributed by atoms with Crippen molar-refractivity contribution in [3.05, 3.63) is 59.2 Å². The Hall–Kier alpha value is -3.42. The van der Waals surface area contributed by atoms with Crippen LogP contribution >= 0.6 is 0 Å². The van der Waals surface area contributed by atoms with E-state index >= 15 is 0 Å². The molecule has 0 aliphatic rings. The van der Waals surface area contributed by atoms with E-state index in [-0.39, 0.29) is 11.4 Å². The zero-order chi connectivity index (χ0) is 20.3. The summed E-state index contributed by atoms with van der Waals surface area (Å²) in [5, 5.41) is 13.6. The predicted octanol–water partition coefficient (Wildman–Crippen LogP) is 4.61. The maximum Gasteiger partial charge on any atom is 0.167 e. The van der Waals surface area contributed by atoms with E-state index in [1.807, 2.05) is 13.8 Å². The summed E-state index contributed by atoms with van der Waals surface area (Å²) in [6.45, 7) is 5.97. The fourth-order valence-corrected chi connectivity index (χ4v) is 2.73. The Morgan fingerprint density at radius 1 is 1.07 bits per heavy atom. The van der Waals surface area contributed by atoms with E-state index < -0.39 is 11.6 Å². The van der Waals surface area contributed by atoms with Crippen molar-refractivity contribution in [3.63, 3.8) is 0 Å². The molecule has 3 aromatic heterocycles. The molecule has 0 aliphatic carbocycles. The van der Waals surface area contributed by atoms with E-state index in [0.29, 0.717) is 35.0 Å². The van der Waals surface area contributed by atoms with Crippen LogP contribution in [-0.4, -0.2) is 27.7 Å². The molecule has 0 saturated carbocycles. The van der Waals surface area contributed by atoms with Gasteiger partial charge in [0.2, 0.25) is 0 Å². The second-order valence-corrected chi connectivity index (χ2v) is 6.21. The molecule has 3 rings (SSSR count). The number of aromatic nitrogens is 3. The summed E-state index contributed by atoms with van der Waals surface area (Å²) in [6, 6.07) is 4.55. The number of aryl methyl sites for hydroxylation is 2. The standard InChI is InChI=1S/C20H20F2N6/c1-4-24-20-17(8-23)26-10-14(22)19(20)28-15-7-16(25-9-11(15)2)18-13(21)6-5-12(3)27-18/h5-10,23-24H,4H2,1-3H3,(H,25,26,28). The van der Waals surface area contributed by atoms with Crippen molar-refractivity contribution in [2.45, 2.75) is 20.8 Å². The molecular weight excluding hydrogens is 362 g/mol. The summed E-state index contributed by atoms with van der Waals surface area (Å²) in [4.78, 5) is 12.4. The molecule has 0 bridgehead atoms. The molecule has 3 heterocycles. The van der Waals surface area contributed by atoms with Crippen molar-refractivity contribution in [2.75, 3.05) is 17.2 Å². The molecule has 0 amide bonds. The van der Waals surface area contributed by atoms with Gasteiger partial charge in [-0.1, -0.05) is 0 Å². The van der Waals surface area contributed by atoms with Crippen molar-refractivity contribution in [3.8, 4) is 11.4 Å². The molecular formula is C20H20F2N6. The molecule has 8 heteroatoms. The van der Waals surface area contributed by atoms with Crippen LogP contribution in [0.25, 0.3) is 11.4 Å². The van der Waals surface area contributed by atoms with Crippen LogP contribution in [-0.2, 0) is 0 Å². The summed E-state index contributed by atoms with van der Waals surface area (Å²) in [5.41, 5.74) is 3.28. The third-order valence-electron chi connectivity index (χ3n) is 4.14.